The molecule has 6 rings (SSSR count). The molecule has 1 atom stereocenters. The van der Waals surface area contributed by atoms with Crippen LogP contribution < -0.4 is 5.56 Å². The number of furan rings is 1. The summed E-state index contributed by atoms with van der Waals surface area (Å²) < 4.78 is 13.7. The summed E-state index contributed by atoms with van der Waals surface area (Å²) in [5.41, 5.74) is 1.21. The average molecular weight is 466 g/mol. The van der Waals surface area contributed by atoms with Crippen LogP contribution in [0.1, 0.15) is 18.7 Å². The first-order chi connectivity index (χ1) is 15.8. The summed E-state index contributed by atoms with van der Waals surface area (Å²) in [5, 5.41) is 12.5. The molecule has 32 heavy (non-hydrogen) atoms. The number of hydrogen-bond acceptors (Lipinski definition) is 8. The number of hydrogen-bond donors (Lipinski definition) is 1. The van der Waals surface area contributed by atoms with Gasteiger partial charge in [-0.15, -0.1) is 21.5 Å². The number of nitrogens with zero attached hydrogens (tertiary/aromatic N) is 4. The van der Waals surface area contributed by atoms with Crippen LogP contribution in [0.4, 0.5) is 0 Å². The van der Waals surface area contributed by atoms with Crippen LogP contribution in [-0.2, 0) is 17.0 Å². The maximum Gasteiger partial charge on any atom is 0.294 e. The Morgan fingerprint density at radius 2 is 2.16 bits per heavy atom. The Hall–Kier alpha value is -2.95. The van der Waals surface area contributed by atoms with Gasteiger partial charge in [-0.2, -0.15) is 0 Å². The quantitative estimate of drug-likeness (QED) is 0.370. The number of fused-ring (bicyclic) bond motifs is 3. The molecule has 8 nitrogen and oxygen atoms in total. The lowest BCUT2D eigenvalue weighted by molar-refractivity contribution is 0.0953. The number of ether oxygens (including phenoxy) is 1. The molecule has 1 fully saturated rings. The Kier molecular flexibility index (Phi) is 5.05. The highest BCUT2D eigenvalue weighted by Crippen LogP contribution is 2.30. The van der Waals surface area contributed by atoms with Crippen LogP contribution in [0.15, 0.2) is 56.1 Å². The lowest BCUT2D eigenvalue weighted by Crippen LogP contribution is -2.16. The number of thiophene rings is 1. The van der Waals surface area contributed by atoms with Crippen LogP contribution in [0, 0.1) is 0 Å². The van der Waals surface area contributed by atoms with Gasteiger partial charge in [0.25, 0.3) is 5.56 Å². The number of para-hydroxylation sites is 1. The fraction of sp³-hybridized carbons (Fsp3) is 0.273. The molecule has 5 aromatic rings. The first kappa shape index (κ1) is 19.7. The van der Waals surface area contributed by atoms with Gasteiger partial charge in [-0.25, -0.2) is 4.98 Å². The summed E-state index contributed by atoms with van der Waals surface area (Å²) in [6.07, 6.45) is 2.27. The third-order valence-electron chi connectivity index (χ3n) is 5.49. The van der Waals surface area contributed by atoms with Gasteiger partial charge in [0.05, 0.1) is 23.3 Å². The van der Waals surface area contributed by atoms with Crippen molar-refractivity contribution in [3.05, 3.63) is 58.0 Å². The molecule has 0 radical (unpaired) electrons. The molecule has 1 aliphatic rings. The van der Waals surface area contributed by atoms with Gasteiger partial charge >= 0.3 is 0 Å². The number of thioether (sulfide) groups is 1. The highest BCUT2D eigenvalue weighted by atomic mass is 32.2. The average Bonchev–Trinajstić information content (AvgIpc) is 3.60. The van der Waals surface area contributed by atoms with E-state index < -0.39 is 0 Å². The SMILES string of the molecule is O=c1[nH]c(CSc2nnc(-c3cccs3)n2CC2CCCO2)nc2c1oc1ccccc12. The van der Waals surface area contributed by atoms with Crippen LogP contribution in [0.25, 0.3) is 32.8 Å². The largest absolute Gasteiger partial charge is 0.449 e. The molecule has 0 spiro atoms. The zero-order chi connectivity index (χ0) is 21.5. The summed E-state index contributed by atoms with van der Waals surface area (Å²) in [5.74, 6) is 1.87. The number of aromatic nitrogens is 5. The standard InChI is InChI=1S/C22H19N5O3S2/c28-21-19-18(14-6-1-2-7-15(14)30-19)23-17(24-21)12-32-22-26-25-20(16-8-4-10-31-16)27(22)11-13-5-3-9-29-13/h1-2,4,6-8,10,13H,3,5,9,11-12H2,(H,23,24,28). The Labute approximate surface area is 190 Å². The molecular formula is C22H19N5O3S2. The van der Waals surface area contributed by atoms with Crippen LogP contribution in [-0.4, -0.2) is 37.4 Å². The Bertz CT molecular complexity index is 1450. The zero-order valence-electron chi connectivity index (χ0n) is 17.0. The first-order valence-corrected chi connectivity index (χ1v) is 12.2. The molecule has 1 aromatic carbocycles. The smallest absolute Gasteiger partial charge is 0.294 e. The molecule has 0 bridgehead atoms. The van der Waals surface area contributed by atoms with Crippen molar-refractivity contribution in [2.75, 3.05) is 6.61 Å². The van der Waals surface area contributed by atoms with Gasteiger partial charge in [-0.1, -0.05) is 30.0 Å². The summed E-state index contributed by atoms with van der Waals surface area (Å²) in [6, 6.07) is 11.6. The maximum absolute atomic E-state index is 12.6. The van der Waals surface area contributed by atoms with Crippen molar-refractivity contribution in [1.82, 2.24) is 24.7 Å². The van der Waals surface area contributed by atoms with Gasteiger partial charge in [-0.05, 0) is 36.4 Å². The van der Waals surface area contributed by atoms with Crippen molar-refractivity contribution < 1.29 is 9.15 Å². The Morgan fingerprint density at radius 1 is 1.22 bits per heavy atom. The van der Waals surface area contributed by atoms with E-state index in [1.54, 1.807) is 11.3 Å². The monoisotopic (exact) mass is 465 g/mol. The number of aromatic amines is 1. The number of benzene rings is 1. The Morgan fingerprint density at radius 3 is 3.00 bits per heavy atom. The maximum atomic E-state index is 12.6. The molecule has 0 amide bonds. The van der Waals surface area contributed by atoms with Crippen molar-refractivity contribution in [1.29, 1.82) is 0 Å². The van der Waals surface area contributed by atoms with Crippen molar-refractivity contribution in [2.45, 2.75) is 36.4 Å². The number of rotatable bonds is 6. The van der Waals surface area contributed by atoms with E-state index in [-0.39, 0.29) is 17.2 Å². The van der Waals surface area contributed by atoms with Crippen LogP contribution in [0.3, 0.4) is 0 Å². The molecule has 0 aliphatic carbocycles. The molecule has 4 aromatic heterocycles. The van der Waals surface area contributed by atoms with Gasteiger partial charge in [0.2, 0.25) is 5.58 Å². The second-order valence-electron chi connectivity index (χ2n) is 7.61. The summed E-state index contributed by atoms with van der Waals surface area (Å²) >= 11 is 3.14. The van der Waals surface area contributed by atoms with Crippen LogP contribution >= 0.6 is 23.1 Å². The van der Waals surface area contributed by atoms with Gasteiger partial charge in [0, 0.05) is 12.0 Å². The number of H-pyrrole nitrogens is 1. The molecule has 10 heteroatoms. The van der Waals surface area contributed by atoms with Crippen molar-refractivity contribution >= 4 is 45.2 Å². The topological polar surface area (TPSA) is 98.8 Å². The minimum Gasteiger partial charge on any atom is -0.449 e. The van der Waals surface area contributed by atoms with Gasteiger partial charge in [0.15, 0.2) is 11.0 Å². The lowest BCUT2D eigenvalue weighted by Gasteiger charge is -2.14. The van der Waals surface area contributed by atoms with Gasteiger partial charge in [0.1, 0.15) is 16.9 Å². The second kappa shape index (κ2) is 8.19. The van der Waals surface area contributed by atoms with E-state index in [4.69, 9.17) is 9.15 Å². The third-order valence-corrected chi connectivity index (χ3v) is 7.33. The van der Waals surface area contributed by atoms with E-state index in [1.807, 2.05) is 41.8 Å². The first-order valence-electron chi connectivity index (χ1n) is 10.4. The van der Waals surface area contributed by atoms with Crippen LogP contribution in [0.2, 0.25) is 0 Å². The molecule has 5 heterocycles. The summed E-state index contributed by atoms with van der Waals surface area (Å²) in [4.78, 5) is 21.2. The molecule has 1 aliphatic heterocycles. The molecule has 0 saturated carbocycles. The van der Waals surface area contributed by atoms with E-state index in [0.29, 0.717) is 29.2 Å². The summed E-state index contributed by atoms with van der Waals surface area (Å²) in [7, 11) is 0. The van der Waals surface area contributed by atoms with E-state index in [9.17, 15) is 4.79 Å². The lowest BCUT2D eigenvalue weighted by atomic mass is 10.2. The predicted molar refractivity (Wildman–Crippen MR) is 124 cm³/mol. The molecule has 1 unspecified atom stereocenters. The van der Waals surface area contributed by atoms with Crippen molar-refractivity contribution in [3.63, 3.8) is 0 Å². The van der Waals surface area contributed by atoms with E-state index in [0.717, 1.165) is 40.7 Å². The van der Waals surface area contributed by atoms with E-state index >= 15 is 0 Å². The Balaban J connectivity index is 1.32. The zero-order valence-corrected chi connectivity index (χ0v) is 18.6. The fourth-order valence-corrected chi connectivity index (χ4v) is 5.52. The van der Waals surface area contributed by atoms with Gasteiger partial charge < -0.3 is 14.1 Å². The minimum absolute atomic E-state index is 0.163. The normalized spacial score (nSPS) is 16.4. The molecular weight excluding hydrogens is 446 g/mol. The minimum atomic E-state index is -0.276. The second-order valence-corrected chi connectivity index (χ2v) is 9.50. The van der Waals surface area contributed by atoms with Crippen molar-refractivity contribution in [3.8, 4) is 10.7 Å². The highest BCUT2D eigenvalue weighted by molar-refractivity contribution is 7.98. The van der Waals surface area contributed by atoms with E-state index in [2.05, 4.69) is 24.7 Å². The molecule has 162 valence electrons. The predicted octanol–water partition coefficient (Wildman–Crippen LogP) is 4.46. The van der Waals surface area contributed by atoms with Gasteiger partial charge in [-0.3, -0.25) is 9.36 Å². The third kappa shape index (κ3) is 3.54. The van der Waals surface area contributed by atoms with E-state index in [1.165, 1.54) is 11.8 Å². The molecule has 1 N–H and O–H groups in total. The fourth-order valence-electron chi connectivity index (χ4n) is 3.99. The number of nitrogens with one attached hydrogen (secondary N) is 1. The highest BCUT2D eigenvalue weighted by Gasteiger charge is 2.22. The van der Waals surface area contributed by atoms with Crippen molar-refractivity contribution in [2.24, 2.45) is 0 Å². The molecule has 1 saturated heterocycles. The summed E-state index contributed by atoms with van der Waals surface area (Å²) in [6.45, 7) is 1.51. The van der Waals surface area contributed by atoms with Crippen LogP contribution in [0.5, 0.6) is 0 Å².